The Morgan fingerprint density at radius 2 is 2.14 bits per heavy atom. The molecule has 114 valence electrons. The van der Waals surface area contributed by atoms with Crippen LogP contribution in [0.15, 0.2) is 24.3 Å². The number of carbonyl (C=O) groups excluding carboxylic acids is 1. The summed E-state index contributed by atoms with van der Waals surface area (Å²) in [5.74, 6) is -0.649. The number of rotatable bonds is 4. The first-order valence-electron chi connectivity index (χ1n) is 7.02. The van der Waals surface area contributed by atoms with Crippen molar-refractivity contribution in [3.8, 4) is 0 Å². The third-order valence-corrected chi connectivity index (χ3v) is 3.62. The van der Waals surface area contributed by atoms with Crippen LogP contribution < -0.4 is 5.32 Å². The molecule has 0 aliphatic heterocycles. The Balaban J connectivity index is 2.23. The number of nitrogens with one attached hydrogen (secondary N) is 2. The van der Waals surface area contributed by atoms with Crippen LogP contribution in [0.2, 0.25) is 0 Å². The third kappa shape index (κ3) is 3.42. The lowest BCUT2D eigenvalue weighted by Crippen LogP contribution is -2.44. The number of halogens is 1. The lowest BCUT2D eigenvalue weighted by atomic mass is 9.85. The zero-order chi connectivity index (χ0) is 15.6. The Hall–Kier alpha value is -1.88. The minimum absolute atomic E-state index is 0.00352. The number of amides is 1. The van der Waals surface area contributed by atoms with Crippen molar-refractivity contribution in [2.24, 2.45) is 5.41 Å². The van der Waals surface area contributed by atoms with Crippen LogP contribution in [-0.2, 0) is 0 Å². The van der Waals surface area contributed by atoms with Gasteiger partial charge in [0.25, 0.3) is 5.91 Å². The SMILES string of the molecule is CC(C)(C)C(CCO)NC(=O)c1cc2c(F)cccc2[nH]1. The molecule has 1 amide bonds. The van der Waals surface area contributed by atoms with Gasteiger partial charge in [-0.3, -0.25) is 4.79 Å². The van der Waals surface area contributed by atoms with Gasteiger partial charge in [-0.05, 0) is 30.0 Å². The second-order valence-corrected chi connectivity index (χ2v) is 6.29. The van der Waals surface area contributed by atoms with Gasteiger partial charge in [-0.1, -0.05) is 26.8 Å². The third-order valence-electron chi connectivity index (χ3n) is 3.62. The summed E-state index contributed by atoms with van der Waals surface area (Å²) in [5, 5.41) is 12.4. The van der Waals surface area contributed by atoms with E-state index in [9.17, 15) is 9.18 Å². The number of hydrogen-bond acceptors (Lipinski definition) is 2. The molecule has 0 aliphatic carbocycles. The van der Waals surface area contributed by atoms with Gasteiger partial charge in [0.1, 0.15) is 11.5 Å². The van der Waals surface area contributed by atoms with E-state index in [0.29, 0.717) is 23.0 Å². The van der Waals surface area contributed by atoms with E-state index in [0.717, 1.165) is 0 Å². The second-order valence-electron chi connectivity index (χ2n) is 6.29. The minimum atomic E-state index is -0.356. The van der Waals surface area contributed by atoms with Crippen LogP contribution in [0.3, 0.4) is 0 Å². The quantitative estimate of drug-likeness (QED) is 0.811. The van der Waals surface area contributed by atoms with E-state index in [1.165, 1.54) is 12.1 Å². The van der Waals surface area contributed by atoms with Crippen LogP contribution in [0.5, 0.6) is 0 Å². The molecule has 0 saturated carbocycles. The molecule has 0 aliphatic rings. The van der Waals surface area contributed by atoms with E-state index in [1.54, 1.807) is 12.1 Å². The molecule has 1 heterocycles. The fourth-order valence-electron chi connectivity index (χ4n) is 2.33. The van der Waals surface area contributed by atoms with Crippen LogP contribution in [0.25, 0.3) is 10.9 Å². The molecule has 5 heteroatoms. The summed E-state index contributed by atoms with van der Waals surface area (Å²) < 4.78 is 13.7. The molecular weight excluding hydrogens is 271 g/mol. The van der Waals surface area contributed by atoms with Crippen molar-refractivity contribution >= 4 is 16.8 Å². The molecule has 1 atom stereocenters. The number of fused-ring (bicyclic) bond motifs is 1. The molecule has 2 rings (SSSR count). The van der Waals surface area contributed by atoms with E-state index in [4.69, 9.17) is 5.11 Å². The fourth-order valence-corrected chi connectivity index (χ4v) is 2.33. The van der Waals surface area contributed by atoms with Crippen molar-refractivity contribution in [1.82, 2.24) is 10.3 Å². The van der Waals surface area contributed by atoms with Gasteiger partial charge in [0.05, 0.1) is 0 Å². The van der Waals surface area contributed by atoms with Crippen LogP contribution >= 0.6 is 0 Å². The molecule has 0 bridgehead atoms. The van der Waals surface area contributed by atoms with Gasteiger partial charge >= 0.3 is 0 Å². The van der Waals surface area contributed by atoms with Gasteiger partial charge in [-0.2, -0.15) is 0 Å². The van der Waals surface area contributed by atoms with Crippen molar-refractivity contribution < 1.29 is 14.3 Å². The normalized spacial score (nSPS) is 13.4. The minimum Gasteiger partial charge on any atom is -0.396 e. The molecule has 0 radical (unpaired) electrons. The van der Waals surface area contributed by atoms with Crippen molar-refractivity contribution in [2.75, 3.05) is 6.61 Å². The Morgan fingerprint density at radius 1 is 1.43 bits per heavy atom. The zero-order valence-electron chi connectivity index (χ0n) is 12.5. The van der Waals surface area contributed by atoms with E-state index >= 15 is 0 Å². The Morgan fingerprint density at radius 3 is 2.71 bits per heavy atom. The first kappa shape index (κ1) is 15.5. The molecule has 1 aromatic heterocycles. The van der Waals surface area contributed by atoms with Crippen LogP contribution in [0.4, 0.5) is 4.39 Å². The van der Waals surface area contributed by atoms with Crippen molar-refractivity contribution in [1.29, 1.82) is 0 Å². The summed E-state index contributed by atoms with van der Waals surface area (Å²) >= 11 is 0. The molecule has 2 aromatic rings. The molecule has 0 fully saturated rings. The largest absolute Gasteiger partial charge is 0.396 e. The molecule has 4 nitrogen and oxygen atoms in total. The zero-order valence-corrected chi connectivity index (χ0v) is 12.5. The summed E-state index contributed by atoms with van der Waals surface area (Å²) in [6, 6.07) is 6.04. The topological polar surface area (TPSA) is 65.1 Å². The number of carbonyl (C=O) groups is 1. The van der Waals surface area contributed by atoms with Crippen LogP contribution in [0, 0.1) is 11.2 Å². The number of aliphatic hydroxyl groups excluding tert-OH is 1. The first-order valence-corrected chi connectivity index (χ1v) is 7.02. The summed E-state index contributed by atoms with van der Waals surface area (Å²) in [6.45, 7) is 6.00. The van der Waals surface area contributed by atoms with Crippen LogP contribution in [-0.4, -0.2) is 28.6 Å². The van der Waals surface area contributed by atoms with Gasteiger partial charge in [0.2, 0.25) is 0 Å². The number of benzene rings is 1. The van der Waals surface area contributed by atoms with E-state index in [-0.39, 0.29) is 29.8 Å². The maximum atomic E-state index is 13.7. The second kappa shape index (κ2) is 5.85. The lowest BCUT2D eigenvalue weighted by molar-refractivity contribution is 0.0881. The molecule has 21 heavy (non-hydrogen) atoms. The van der Waals surface area contributed by atoms with Crippen LogP contribution in [0.1, 0.15) is 37.7 Å². The monoisotopic (exact) mass is 292 g/mol. The number of aromatic amines is 1. The first-order chi connectivity index (χ1) is 9.82. The standard InChI is InChI=1S/C16H21FN2O2/c1-16(2,3)14(7-8-20)19-15(21)13-9-10-11(17)5-4-6-12(10)18-13/h4-6,9,14,18,20H,7-8H2,1-3H3,(H,19,21). The lowest BCUT2D eigenvalue weighted by Gasteiger charge is -2.30. The summed E-state index contributed by atoms with van der Waals surface area (Å²) in [6.07, 6.45) is 0.476. The number of aliphatic hydroxyl groups is 1. The predicted octanol–water partition coefficient (Wildman–Crippen LogP) is 2.83. The van der Waals surface area contributed by atoms with E-state index in [2.05, 4.69) is 10.3 Å². The van der Waals surface area contributed by atoms with Crippen molar-refractivity contribution in [2.45, 2.75) is 33.2 Å². The number of aromatic nitrogens is 1. The van der Waals surface area contributed by atoms with Gasteiger partial charge in [0, 0.05) is 23.6 Å². The highest BCUT2D eigenvalue weighted by Crippen LogP contribution is 2.23. The molecule has 1 aromatic carbocycles. The smallest absolute Gasteiger partial charge is 0.267 e. The Bertz CT molecular complexity index is 643. The maximum absolute atomic E-state index is 13.7. The number of hydrogen-bond donors (Lipinski definition) is 3. The molecule has 1 unspecified atom stereocenters. The molecule has 0 saturated heterocycles. The average molecular weight is 292 g/mol. The Labute approximate surface area is 123 Å². The average Bonchev–Trinajstić information content (AvgIpc) is 2.82. The van der Waals surface area contributed by atoms with Gasteiger partial charge in [0.15, 0.2) is 0 Å². The molecule has 3 N–H and O–H groups in total. The van der Waals surface area contributed by atoms with Gasteiger partial charge < -0.3 is 15.4 Å². The highest BCUT2D eigenvalue weighted by atomic mass is 19.1. The Kier molecular flexibility index (Phi) is 4.32. The summed E-state index contributed by atoms with van der Waals surface area (Å²) in [4.78, 5) is 15.2. The summed E-state index contributed by atoms with van der Waals surface area (Å²) in [5.41, 5.74) is 0.743. The highest BCUT2D eigenvalue weighted by Gasteiger charge is 2.26. The predicted molar refractivity (Wildman–Crippen MR) is 80.7 cm³/mol. The fraction of sp³-hybridized carbons (Fsp3) is 0.438. The van der Waals surface area contributed by atoms with E-state index in [1.807, 2.05) is 20.8 Å². The number of H-pyrrole nitrogens is 1. The summed E-state index contributed by atoms with van der Waals surface area (Å²) in [7, 11) is 0. The van der Waals surface area contributed by atoms with Crippen molar-refractivity contribution in [3.05, 3.63) is 35.8 Å². The van der Waals surface area contributed by atoms with Gasteiger partial charge in [-0.15, -0.1) is 0 Å². The molecule has 0 spiro atoms. The van der Waals surface area contributed by atoms with Gasteiger partial charge in [-0.25, -0.2) is 4.39 Å². The van der Waals surface area contributed by atoms with E-state index < -0.39 is 0 Å². The van der Waals surface area contributed by atoms with Crippen molar-refractivity contribution in [3.63, 3.8) is 0 Å². The highest BCUT2D eigenvalue weighted by molar-refractivity contribution is 5.98. The maximum Gasteiger partial charge on any atom is 0.267 e. The molecular formula is C16H21FN2O2.